The van der Waals surface area contributed by atoms with Crippen molar-refractivity contribution >= 4 is 21.4 Å². The van der Waals surface area contributed by atoms with Crippen LogP contribution in [0.5, 0.6) is 5.75 Å². The van der Waals surface area contributed by atoms with Crippen molar-refractivity contribution in [2.24, 2.45) is 0 Å². The molecular weight excluding hydrogens is 292 g/mol. The number of rotatable bonds is 5. The molecular formula is C14H20N2O4S. The third-order valence-corrected chi connectivity index (χ3v) is 5.15. The van der Waals surface area contributed by atoms with Crippen molar-refractivity contribution in [2.75, 3.05) is 23.8 Å². The predicted molar refractivity (Wildman–Crippen MR) is 80.8 cm³/mol. The highest BCUT2D eigenvalue weighted by molar-refractivity contribution is 7.91. The first-order chi connectivity index (χ1) is 9.96. The number of para-hydroxylation sites is 2. The molecule has 0 spiro atoms. The Morgan fingerprint density at radius 3 is 2.86 bits per heavy atom. The summed E-state index contributed by atoms with van der Waals surface area (Å²) in [7, 11) is -3.01. The fraction of sp³-hybridized carbons (Fsp3) is 0.500. The van der Waals surface area contributed by atoms with Gasteiger partial charge in [-0.1, -0.05) is 12.1 Å². The van der Waals surface area contributed by atoms with Gasteiger partial charge in [-0.2, -0.15) is 0 Å². The molecule has 1 unspecified atom stereocenters. The Bertz CT molecular complexity index is 601. The maximum Gasteiger partial charge on any atom is 0.223 e. The van der Waals surface area contributed by atoms with Gasteiger partial charge in [-0.25, -0.2) is 8.42 Å². The SMILES string of the molecule is Nc1ccccc1OCCC(=O)NC1CCCS(=O)(=O)C1. The van der Waals surface area contributed by atoms with Gasteiger partial charge in [0, 0.05) is 6.04 Å². The summed E-state index contributed by atoms with van der Waals surface area (Å²) in [6.07, 6.45) is 1.48. The Balaban J connectivity index is 1.74. The first kappa shape index (κ1) is 15.6. The van der Waals surface area contributed by atoms with Gasteiger partial charge in [0.25, 0.3) is 0 Å². The number of benzene rings is 1. The molecule has 1 aromatic carbocycles. The number of sulfone groups is 1. The Kier molecular flexibility index (Phi) is 5.06. The van der Waals surface area contributed by atoms with Crippen LogP contribution in [0.3, 0.4) is 0 Å². The van der Waals surface area contributed by atoms with Crippen molar-refractivity contribution < 1.29 is 17.9 Å². The largest absolute Gasteiger partial charge is 0.491 e. The summed E-state index contributed by atoms with van der Waals surface area (Å²) in [6, 6.07) is 6.79. The van der Waals surface area contributed by atoms with Gasteiger partial charge in [0.2, 0.25) is 5.91 Å². The van der Waals surface area contributed by atoms with Gasteiger partial charge in [-0.05, 0) is 25.0 Å². The molecule has 0 radical (unpaired) electrons. The Morgan fingerprint density at radius 2 is 2.14 bits per heavy atom. The maximum atomic E-state index is 11.8. The fourth-order valence-electron chi connectivity index (χ4n) is 2.30. The van der Waals surface area contributed by atoms with Crippen LogP contribution in [0.15, 0.2) is 24.3 Å². The minimum absolute atomic E-state index is 0.0330. The average molecular weight is 312 g/mol. The third kappa shape index (κ3) is 4.93. The van der Waals surface area contributed by atoms with E-state index in [1.54, 1.807) is 24.3 Å². The van der Waals surface area contributed by atoms with Crippen molar-refractivity contribution in [1.82, 2.24) is 5.32 Å². The summed E-state index contributed by atoms with van der Waals surface area (Å²) in [4.78, 5) is 11.8. The standard InChI is InChI=1S/C14H20N2O4S/c15-12-5-1-2-6-13(12)20-8-7-14(17)16-11-4-3-9-21(18,19)10-11/h1-2,5-6,11H,3-4,7-10,15H2,(H,16,17). The Labute approximate surface area is 124 Å². The molecule has 1 heterocycles. The number of anilines is 1. The highest BCUT2D eigenvalue weighted by Gasteiger charge is 2.25. The van der Waals surface area contributed by atoms with Crippen molar-refractivity contribution in [3.05, 3.63) is 24.3 Å². The molecule has 7 heteroatoms. The van der Waals surface area contributed by atoms with Gasteiger partial charge in [0.1, 0.15) is 5.75 Å². The smallest absolute Gasteiger partial charge is 0.223 e. The first-order valence-corrected chi connectivity index (χ1v) is 8.75. The maximum absolute atomic E-state index is 11.8. The number of amides is 1. The first-order valence-electron chi connectivity index (χ1n) is 6.93. The van der Waals surface area contributed by atoms with Crippen LogP contribution >= 0.6 is 0 Å². The van der Waals surface area contributed by atoms with Gasteiger partial charge in [0.05, 0.1) is 30.2 Å². The summed E-state index contributed by atoms with van der Waals surface area (Å²) in [5, 5.41) is 2.75. The molecule has 0 bridgehead atoms. The van der Waals surface area contributed by atoms with Crippen molar-refractivity contribution in [2.45, 2.75) is 25.3 Å². The van der Waals surface area contributed by atoms with E-state index in [-0.39, 0.29) is 36.5 Å². The third-order valence-electron chi connectivity index (χ3n) is 3.33. The van der Waals surface area contributed by atoms with Crippen LogP contribution in [-0.2, 0) is 14.6 Å². The molecule has 1 aliphatic rings. The number of nitrogens with one attached hydrogen (secondary N) is 1. The number of ether oxygens (including phenoxy) is 1. The number of nitrogen functional groups attached to an aromatic ring is 1. The van der Waals surface area contributed by atoms with E-state index in [9.17, 15) is 13.2 Å². The lowest BCUT2D eigenvalue weighted by Gasteiger charge is -2.23. The molecule has 3 N–H and O–H groups in total. The Morgan fingerprint density at radius 1 is 1.38 bits per heavy atom. The number of hydrogen-bond donors (Lipinski definition) is 2. The lowest BCUT2D eigenvalue weighted by atomic mass is 10.2. The van der Waals surface area contributed by atoms with Crippen molar-refractivity contribution in [3.63, 3.8) is 0 Å². The minimum Gasteiger partial charge on any atom is -0.491 e. The van der Waals surface area contributed by atoms with E-state index in [2.05, 4.69) is 5.32 Å². The molecule has 1 fully saturated rings. The van der Waals surface area contributed by atoms with Crippen LogP contribution in [0, 0.1) is 0 Å². The van der Waals surface area contributed by atoms with Crippen LogP contribution < -0.4 is 15.8 Å². The summed E-state index contributed by atoms with van der Waals surface area (Å²) >= 11 is 0. The zero-order valence-electron chi connectivity index (χ0n) is 11.7. The van der Waals surface area contributed by atoms with E-state index >= 15 is 0 Å². The average Bonchev–Trinajstić information content (AvgIpc) is 2.40. The molecule has 1 atom stereocenters. The van der Waals surface area contributed by atoms with Gasteiger partial charge in [-0.15, -0.1) is 0 Å². The molecule has 21 heavy (non-hydrogen) atoms. The predicted octanol–water partition coefficient (Wildman–Crippen LogP) is 0.731. The fourth-order valence-corrected chi connectivity index (χ4v) is 3.94. The monoisotopic (exact) mass is 312 g/mol. The highest BCUT2D eigenvalue weighted by Crippen LogP contribution is 2.19. The van der Waals surface area contributed by atoms with Gasteiger partial charge in [-0.3, -0.25) is 4.79 Å². The number of carbonyl (C=O) groups excluding carboxylic acids is 1. The van der Waals surface area contributed by atoms with E-state index in [0.717, 1.165) is 0 Å². The molecule has 0 aliphatic carbocycles. The minimum atomic E-state index is -3.01. The van der Waals surface area contributed by atoms with Crippen molar-refractivity contribution in [3.8, 4) is 5.75 Å². The summed E-state index contributed by atoms with van der Waals surface area (Å²) in [5.74, 6) is 0.596. The summed E-state index contributed by atoms with van der Waals surface area (Å²) in [5.41, 5.74) is 6.25. The Hall–Kier alpha value is -1.76. The van der Waals surface area contributed by atoms with Crippen LogP contribution in [0.25, 0.3) is 0 Å². The molecule has 0 saturated carbocycles. The lowest BCUT2D eigenvalue weighted by molar-refractivity contribution is -0.122. The molecule has 0 aromatic heterocycles. The molecule has 2 rings (SSSR count). The van der Waals surface area contributed by atoms with Crippen LogP contribution in [0.1, 0.15) is 19.3 Å². The van der Waals surface area contributed by atoms with E-state index < -0.39 is 9.84 Å². The second kappa shape index (κ2) is 6.80. The van der Waals surface area contributed by atoms with Gasteiger partial charge < -0.3 is 15.8 Å². The second-order valence-corrected chi connectivity index (χ2v) is 7.39. The van der Waals surface area contributed by atoms with Crippen LogP contribution in [-0.4, -0.2) is 38.5 Å². The summed E-state index contributed by atoms with van der Waals surface area (Å²) < 4.78 is 28.4. The van der Waals surface area contributed by atoms with Gasteiger partial charge in [0.15, 0.2) is 9.84 Å². The van der Waals surface area contributed by atoms with Crippen molar-refractivity contribution in [1.29, 1.82) is 0 Å². The quantitative estimate of drug-likeness (QED) is 0.781. The lowest BCUT2D eigenvalue weighted by Crippen LogP contribution is -2.43. The normalized spacial score (nSPS) is 20.7. The second-order valence-electron chi connectivity index (χ2n) is 5.16. The number of hydrogen-bond acceptors (Lipinski definition) is 5. The molecule has 1 amide bonds. The highest BCUT2D eigenvalue weighted by atomic mass is 32.2. The van der Waals surface area contributed by atoms with Gasteiger partial charge >= 0.3 is 0 Å². The number of carbonyl (C=O) groups is 1. The van der Waals surface area contributed by atoms with E-state index in [1.165, 1.54) is 0 Å². The topological polar surface area (TPSA) is 98.5 Å². The number of nitrogens with two attached hydrogens (primary N) is 1. The summed E-state index contributed by atoms with van der Waals surface area (Å²) in [6.45, 7) is 0.208. The van der Waals surface area contributed by atoms with E-state index in [4.69, 9.17) is 10.5 Å². The van der Waals surface area contributed by atoms with Crippen LogP contribution in [0.4, 0.5) is 5.69 Å². The van der Waals surface area contributed by atoms with Crippen LogP contribution in [0.2, 0.25) is 0 Å². The molecule has 6 nitrogen and oxygen atoms in total. The van der Waals surface area contributed by atoms with E-state index in [0.29, 0.717) is 24.3 Å². The zero-order valence-corrected chi connectivity index (χ0v) is 12.6. The molecule has 116 valence electrons. The molecule has 1 aromatic rings. The molecule has 1 saturated heterocycles. The molecule has 1 aliphatic heterocycles. The zero-order chi connectivity index (χ0) is 15.3. The van der Waals surface area contributed by atoms with E-state index in [1.807, 2.05) is 0 Å².